The Balaban J connectivity index is 2.05. The molecule has 3 aromatic rings. The number of thiazole rings is 1. The van der Waals surface area contributed by atoms with Crippen molar-refractivity contribution in [3.8, 4) is 5.75 Å². The third kappa shape index (κ3) is 2.19. The van der Waals surface area contributed by atoms with E-state index in [2.05, 4.69) is 20.3 Å². The van der Waals surface area contributed by atoms with Gasteiger partial charge in [0.25, 0.3) is 0 Å². The predicted octanol–water partition coefficient (Wildman–Crippen LogP) is 2.98. The number of aromatic nitrogens is 3. The molecule has 3 rings (SSSR count). The van der Waals surface area contributed by atoms with Crippen LogP contribution < -0.4 is 5.32 Å². The number of rotatable bonds is 2. The summed E-state index contributed by atoms with van der Waals surface area (Å²) in [5, 5.41) is 13.5. The average molecular weight is 276 g/mol. The Morgan fingerprint density at radius 3 is 2.95 bits per heavy atom. The summed E-state index contributed by atoms with van der Waals surface area (Å²) in [5.74, 6) is -0.199. The van der Waals surface area contributed by atoms with Crippen molar-refractivity contribution in [1.82, 2.24) is 15.0 Å². The van der Waals surface area contributed by atoms with E-state index < -0.39 is 5.82 Å². The number of hydrogen-bond donors (Lipinski definition) is 2. The Bertz CT molecular complexity index is 759. The highest BCUT2D eigenvalue weighted by atomic mass is 32.1. The van der Waals surface area contributed by atoms with Crippen LogP contribution in [0.25, 0.3) is 10.3 Å². The highest BCUT2D eigenvalue weighted by Crippen LogP contribution is 2.30. The van der Waals surface area contributed by atoms with Gasteiger partial charge in [-0.25, -0.2) is 19.3 Å². The van der Waals surface area contributed by atoms with Gasteiger partial charge in [-0.15, -0.1) is 0 Å². The lowest BCUT2D eigenvalue weighted by molar-refractivity contribution is 0.471. The maximum Gasteiger partial charge on any atom is 0.161 e. The Hall–Kier alpha value is -2.28. The third-order valence-electron chi connectivity index (χ3n) is 2.52. The van der Waals surface area contributed by atoms with Crippen LogP contribution in [-0.4, -0.2) is 20.1 Å². The summed E-state index contributed by atoms with van der Waals surface area (Å²) in [4.78, 5) is 13.3. The highest BCUT2D eigenvalue weighted by molar-refractivity contribution is 7.18. The first-order valence-electron chi connectivity index (χ1n) is 5.47. The Morgan fingerprint density at radius 1 is 1.32 bits per heavy atom. The number of aromatic hydroxyl groups is 1. The standard InChI is InChI=1S/C12H9FN4OS/c1-6-16-10-11(14-5-15-12(10)19-6)17-8-3-2-7(13)4-9(8)18/h2-5,18H,1H3,(H,14,15,17). The number of aryl methyl sites for hydroxylation is 1. The fourth-order valence-electron chi connectivity index (χ4n) is 1.69. The molecule has 0 spiro atoms. The Morgan fingerprint density at radius 2 is 2.16 bits per heavy atom. The van der Waals surface area contributed by atoms with Crippen LogP contribution in [0.3, 0.4) is 0 Å². The summed E-state index contributed by atoms with van der Waals surface area (Å²) in [6.45, 7) is 1.88. The normalized spacial score (nSPS) is 10.8. The van der Waals surface area contributed by atoms with Crippen LogP contribution in [-0.2, 0) is 0 Å². The number of nitrogens with zero attached hydrogens (tertiary/aromatic N) is 3. The summed E-state index contributed by atoms with van der Waals surface area (Å²) >= 11 is 1.46. The maximum absolute atomic E-state index is 12.9. The molecule has 5 nitrogen and oxygen atoms in total. The van der Waals surface area contributed by atoms with Gasteiger partial charge >= 0.3 is 0 Å². The van der Waals surface area contributed by atoms with Crippen molar-refractivity contribution < 1.29 is 9.50 Å². The van der Waals surface area contributed by atoms with E-state index in [0.717, 1.165) is 15.9 Å². The van der Waals surface area contributed by atoms with Crippen molar-refractivity contribution in [2.75, 3.05) is 5.32 Å². The van der Waals surface area contributed by atoms with E-state index in [-0.39, 0.29) is 5.75 Å². The van der Waals surface area contributed by atoms with Crippen molar-refractivity contribution in [2.45, 2.75) is 6.92 Å². The first-order chi connectivity index (χ1) is 9.13. The molecule has 19 heavy (non-hydrogen) atoms. The second kappa shape index (κ2) is 4.43. The van der Waals surface area contributed by atoms with E-state index in [4.69, 9.17) is 0 Å². The molecule has 1 aromatic carbocycles. The molecule has 0 aliphatic heterocycles. The average Bonchev–Trinajstić information content (AvgIpc) is 2.74. The maximum atomic E-state index is 12.9. The van der Waals surface area contributed by atoms with Crippen LogP contribution in [0.4, 0.5) is 15.9 Å². The summed E-state index contributed by atoms with van der Waals surface area (Å²) in [7, 11) is 0. The van der Waals surface area contributed by atoms with Crippen LogP contribution in [0.1, 0.15) is 5.01 Å². The van der Waals surface area contributed by atoms with Crippen molar-refractivity contribution in [2.24, 2.45) is 0 Å². The molecule has 0 aliphatic carbocycles. The number of phenolic OH excluding ortho intramolecular Hbond substituents is 1. The van der Waals surface area contributed by atoms with Gasteiger partial charge in [-0.2, -0.15) is 0 Å². The summed E-state index contributed by atoms with van der Waals surface area (Å²) < 4.78 is 12.9. The molecule has 0 atom stereocenters. The monoisotopic (exact) mass is 276 g/mol. The number of halogens is 1. The van der Waals surface area contributed by atoms with Crippen LogP contribution in [0.15, 0.2) is 24.5 Å². The molecule has 7 heteroatoms. The van der Waals surface area contributed by atoms with Gasteiger partial charge in [0.2, 0.25) is 0 Å². The fraction of sp³-hybridized carbons (Fsp3) is 0.0833. The molecule has 0 fully saturated rings. The molecule has 0 bridgehead atoms. The Labute approximate surface area is 111 Å². The molecular weight excluding hydrogens is 267 g/mol. The number of anilines is 2. The van der Waals surface area contributed by atoms with E-state index >= 15 is 0 Å². The minimum Gasteiger partial charge on any atom is -0.506 e. The Kier molecular flexibility index (Phi) is 2.75. The van der Waals surface area contributed by atoms with E-state index in [1.165, 1.54) is 29.8 Å². The smallest absolute Gasteiger partial charge is 0.161 e. The van der Waals surface area contributed by atoms with Gasteiger partial charge in [0.1, 0.15) is 28.2 Å². The molecular formula is C12H9FN4OS. The first kappa shape index (κ1) is 11.8. The number of nitrogens with one attached hydrogen (secondary N) is 1. The molecule has 0 saturated carbocycles. The molecule has 0 radical (unpaired) electrons. The van der Waals surface area contributed by atoms with E-state index in [1.807, 2.05) is 6.92 Å². The zero-order chi connectivity index (χ0) is 13.4. The van der Waals surface area contributed by atoms with E-state index in [0.29, 0.717) is 17.0 Å². The molecule has 0 saturated heterocycles. The molecule has 2 aromatic heterocycles. The summed E-state index contributed by atoms with van der Waals surface area (Å²) in [5.41, 5.74) is 1.00. The van der Waals surface area contributed by atoms with Crippen LogP contribution >= 0.6 is 11.3 Å². The van der Waals surface area contributed by atoms with Gasteiger partial charge in [-0.3, -0.25) is 0 Å². The van der Waals surface area contributed by atoms with Crippen LogP contribution in [0.2, 0.25) is 0 Å². The van der Waals surface area contributed by atoms with Crippen molar-refractivity contribution >= 4 is 33.2 Å². The van der Waals surface area contributed by atoms with Gasteiger partial charge in [0.05, 0.1) is 10.7 Å². The summed E-state index contributed by atoms with van der Waals surface area (Å²) in [6, 6.07) is 3.73. The van der Waals surface area contributed by atoms with Gasteiger partial charge in [-0.05, 0) is 19.1 Å². The van der Waals surface area contributed by atoms with Gasteiger partial charge in [0.15, 0.2) is 5.82 Å². The van der Waals surface area contributed by atoms with Crippen LogP contribution in [0.5, 0.6) is 5.75 Å². The van der Waals surface area contributed by atoms with Gasteiger partial charge in [0, 0.05) is 6.07 Å². The zero-order valence-electron chi connectivity index (χ0n) is 9.88. The predicted molar refractivity (Wildman–Crippen MR) is 71.3 cm³/mol. The SMILES string of the molecule is Cc1nc2c(Nc3ccc(F)cc3O)ncnc2s1. The molecule has 2 N–H and O–H groups in total. The molecule has 2 heterocycles. The zero-order valence-corrected chi connectivity index (χ0v) is 10.7. The molecule has 0 aliphatic rings. The van der Waals surface area contributed by atoms with E-state index in [1.54, 1.807) is 0 Å². The lowest BCUT2D eigenvalue weighted by Gasteiger charge is -2.07. The van der Waals surface area contributed by atoms with Crippen molar-refractivity contribution in [3.05, 3.63) is 35.4 Å². The number of hydrogen-bond acceptors (Lipinski definition) is 6. The van der Waals surface area contributed by atoms with Crippen molar-refractivity contribution in [1.29, 1.82) is 0 Å². The third-order valence-corrected chi connectivity index (χ3v) is 3.39. The number of benzene rings is 1. The largest absolute Gasteiger partial charge is 0.506 e. The minimum atomic E-state index is -0.500. The van der Waals surface area contributed by atoms with Gasteiger partial charge < -0.3 is 10.4 Å². The van der Waals surface area contributed by atoms with E-state index in [9.17, 15) is 9.50 Å². The second-order valence-corrected chi connectivity index (χ2v) is 5.08. The number of phenols is 1. The minimum absolute atomic E-state index is 0.182. The summed E-state index contributed by atoms with van der Waals surface area (Å²) in [6.07, 6.45) is 1.42. The molecule has 0 unspecified atom stereocenters. The molecule has 96 valence electrons. The molecule has 0 amide bonds. The lowest BCUT2D eigenvalue weighted by atomic mass is 10.3. The first-order valence-corrected chi connectivity index (χ1v) is 6.29. The number of fused-ring (bicyclic) bond motifs is 1. The fourth-order valence-corrected chi connectivity index (χ4v) is 2.44. The van der Waals surface area contributed by atoms with Crippen molar-refractivity contribution in [3.63, 3.8) is 0 Å². The topological polar surface area (TPSA) is 70.9 Å². The lowest BCUT2D eigenvalue weighted by Crippen LogP contribution is -1.96. The quantitative estimate of drug-likeness (QED) is 0.704. The highest BCUT2D eigenvalue weighted by Gasteiger charge is 2.10. The van der Waals surface area contributed by atoms with Crippen LogP contribution in [0, 0.1) is 12.7 Å². The van der Waals surface area contributed by atoms with Gasteiger partial charge in [-0.1, -0.05) is 11.3 Å². The second-order valence-electron chi connectivity index (χ2n) is 3.90.